The van der Waals surface area contributed by atoms with Crippen LogP contribution in [0.5, 0.6) is 5.75 Å². The number of amides is 1. The van der Waals surface area contributed by atoms with Crippen molar-refractivity contribution in [3.63, 3.8) is 0 Å². The lowest BCUT2D eigenvalue weighted by atomic mass is 10.2. The predicted octanol–water partition coefficient (Wildman–Crippen LogP) is 0.718. The van der Waals surface area contributed by atoms with Gasteiger partial charge in [0.05, 0.1) is 6.21 Å². The van der Waals surface area contributed by atoms with Gasteiger partial charge >= 0.3 is 5.69 Å². The maximum Gasteiger partial charge on any atom is 0.342 e. The van der Waals surface area contributed by atoms with E-state index >= 15 is 0 Å². The van der Waals surface area contributed by atoms with Crippen LogP contribution in [-0.4, -0.2) is 32.9 Å². The van der Waals surface area contributed by atoms with Gasteiger partial charge in [0, 0.05) is 12.8 Å². The zero-order valence-corrected chi connectivity index (χ0v) is 14.8. The van der Waals surface area contributed by atoms with Gasteiger partial charge in [-0.15, -0.1) is 0 Å². The number of carbonyl (C=O) groups excluding carboxylic acids is 1. The molecule has 26 heavy (non-hydrogen) atoms. The van der Waals surface area contributed by atoms with E-state index in [1.807, 2.05) is 50.0 Å². The van der Waals surface area contributed by atoms with E-state index in [2.05, 4.69) is 20.7 Å². The van der Waals surface area contributed by atoms with Gasteiger partial charge in [-0.3, -0.25) is 14.6 Å². The molecule has 0 fully saturated rings. The third kappa shape index (κ3) is 6.34. The topological polar surface area (TPSA) is 129 Å². The van der Waals surface area contributed by atoms with E-state index in [0.717, 1.165) is 11.3 Å². The molecule has 9 heteroatoms. The van der Waals surface area contributed by atoms with E-state index in [1.165, 1.54) is 6.21 Å². The van der Waals surface area contributed by atoms with Gasteiger partial charge in [-0.1, -0.05) is 0 Å². The molecule has 0 spiro atoms. The molecule has 1 heterocycles. The number of hydrogen-bond acceptors (Lipinski definition) is 6. The van der Waals surface area contributed by atoms with Crippen LogP contribution in [0.2, 0.25) is 0 Å². The Labute approximate surface area is 149 Å². The highest BCUT2D eigenvalue weighted by Gasteiger charge is 2.11. The number of rotatable bonds is 6. The second-order valence-corrected chi connectivity index (χ2v) is 6.53. The van der Waals surface area contributed by atoms with Crippen LogP contribution in [0.4, 0.5) is 0 Å². The third-order valence-electron chi connectivity index (χ3n) is 3.08. The smallest absolute Gasteiger partial charge is 0.342 e. The summed E-state index contributed by atoms with van der Waals surface area (Å²) in [7, 11) is 0. The third-order valence-corrected chi connectivity index (χ3v) is 3.08. The maximum atomic E-state index is 11.7. The fourth-order valence-electron chi connectivity index (χ4n) is 1.98. The Morgan fingerprint density at radius 1 is 1.27 bits per heavy atom. The van der Waals surface area contributed by atoms with Crippen LogP contribution >= 0.6 is 0 Å². The molecule has 0 aliphatic rings. The highest BCUT2D eigenvalue weighted by molar-refractivity contribution is 5.82. The summed E-state index contributed by atoms with van der Waals surface area (Å²) in [4.78, 5) is 36.1. The van der Waals surface area contributed by atoms with Crippen molar-refractivity contribution >= 4 is 12.1 Å². The summed E-state index contributed by atoms with van der Waals surface area (Å²) >= 11 is 0. The number of carbonyl (C=O) groups is 1. The SMILES string of the molecule is CC(C)(C)Oc1ccc(/C=N/NC(=O)CCc2n[nH]c(=O)[nH]c2=O)cc1. The second-order valence-electron chi connectivity index (χ2n) is 6.53. The fraction of sp³-hybridized carbons (Fsp3) is 0.353. The molecule has 0 atom stereocenters. The molecule has 0 bridgehead atoms. The Balaban J connectivity index is 1.83. The quantitative estimate of drug-likeness (QED) is 0.517. The number of nitrogens with zero attached hydrogens (tertiary/aromatic N) is 2. The largest absolute Gasteiger partial charge is 0.488 e. The first-order chi connectivity index (χ1) is 12.2. The molecule has 9 nitrogen and oxygen atoms in total. The zero-order valence-electron chi connectivity index (χ0n) is 14.8. The van der Waals surface area contributed by atoms with Crippen molar-refractivity contribution in [3.8, 4) is 5.75 Å². The summed E-state index contributed by atoms with van der Waals surface area (Å²) < 4.78 is 5.72. The first-order valence-electron chi connectivity index (χ1n) is 8.02. The van der Waals surface area contributed by atoms with E-state index in [4.69, 9.17) is 4.74 Å². The van der Waals surface area contributed by atoms with Crippen molar-refractivity contribution < 1.29 is 9.53 Å². The fourth-order valence-corrected chi connectivity index (χ4v) is 1.98. The van der Waals surface area contributed by atoms with Gasteiger partial charge in [0.2, 0.25) is 5.91 Å². The monoisotopic (exact) mass is 359 g/mol. The molecule has 1 aromatic carbocycles. The number of hydrazone groups is 1. The average molecular weight is 359 g/mol. The maximum absolute atomic E-state index is 11.7. The van der Waals surface area contributed by atoms with E-state index in [9.17, 15) is 14.4 Å². The van der Waals surface area contributed by atoms with Gasteiger partial charge in [0.25, 0.3) is 5.56 Å². The number of nitrogens with one attached hydrogen (secondary N) is 3. The first-order valence-corrected chi connectivity index (χ1v) is 8.02. The minimum atomic E-state index is -0.688. The summed E-state index contributed by atoms with van der Waals surface area (Å²) in [5.41, 5.74) is 1.68. The lowest BCUT2D eigenvalue weighted by molar-refractivity contribution is -0.121. The molecule has 3 N–H and O–H groups in total. The van der Waals surface area contributed by atoms with Crippen LogP contribution in [0, 0.1) is 0 Å². The molecule has 0 saturated heterocycles. The number of aromatic nitrogens is 3. The highest BCUT2D eigenvalue weighted by Crippen LogP contribution is 2.17. The summed E-state index contributed by atoms with van der Waals surface area (Å²) in [6.45, 7) is 5.90. The Hall–Kier alpha value is -3.23. The molecule has 2 aromatic rings. The van der Waals surface area contributed by atoms with Gasteiger partial charge in [-0.25, -0.2) is 15.3 Å². The highest BCUT2D eigenvalue weighted by atomic mass is 16.5. The molecule has 2 rings (SSSR count). The van der Waals surface area contributed by atoms with E-state index in [-0.39, 0.29) is 30.0 Å². The second kappa shape index (κ2) is 8.24. The lowest BCUT2D eigenvalue weighted by Gasteiger charge is -2.21. The van der Waals surface area contributed by atoms with Gasteiger partial charge < -0.3 is 4.74 Å². The van der Waals surface area contributed by atoms with Gasteiger partial charge in [-0.2, -0.15) is 10.2 Å². The van der Waals surface area contributed by atoms with E-state index in [0.29, 0.717) is 0 Å². The van der Waals surface area contributed by atoms with Crippen LogP contribution < -0.4 is 21.4 Å². The molecular weight excluding hydrogens is 338 g/mol. The van der Waals surface area contributed by atoms with Crippen LogP contribution in [0.15, 0.2) is 39.0 Å². The number of ether oxygens (including phenoxy) is 1. The van der Waals surface area contributed by atoms with Crippen LogP contribution in [0.1, 0.15) is 38.4 Å². The summed E-state index contributed by atoms with van der Waals surface area (Å²) in [5.74, 6) is 0.374. The number of aryl methyl sites for hydroxylation is 1. The molecule has 1 amide bonds. The van der Waals surface area contributed by atoms with Crippen molar-refractivity contribution in [1.82, 2.24) is 20.6 Å². The van der Waals surface area contributed by atoms with Crippen molar-refractivity contribution in [2.24, 2.45) is 5.10 Å². The van der Waals surface area contributed by atoms with Crippen molar-refractivity contribution in [2.45, 2.75) is 39.2 Å². The van der Waals surface area contributed by atoms with Crippen LogP contribution in [-0.2, 0) is 11.2 Å². The zero-order chi connectivity index (χ0) is 19.2. The summed E-state index contributed by atoms with van der Waals surface area (Å²) in [6, 6.07) is 7.28. The molecule has 138 valence electrons. The van der Waals surface area contributed by atoms with Gasteiger partial charge in [0.1, 0.15) is 17.0 Å². The van der Waals surface area contributed by atoms with Crippen LogP contribution in [0.25, 0.3) is 0 Å². The number of hydrogen-bond donors (Lipinski definition) is 3. The standard InChI is InChI=1S/C17H21N5O4/c1-17(2,3)26-12-6-4-11(5-7-12)10-18-21-14(23)9-8-13-15(24)19-16(25)22-20-13/h4-7,10H,8-9H2,1-3H3,(H,21,23)(H2,19,22,24,25)/b18-10+. The molecule has 0 aliphatic heterocycles. The van der Waals surface area contributed by atoms with Gasteiger partial charge in [0.15, 0.2) is 0 Å². The van der Waals surface area contributed by atoms with Crippen molar-refractivity contribution in [2.75, 3.05) is 0 Å². The average Bonchev–Trinajstić information content (AvgIpc) is 2.54. The molecule has 0 radical (unpaired) electrons. The Kier molecular flexibility index (Phi) is 6.05. The van der Waals surface area contributed by atoms with E-state index in [1.54, 1.807) is 0 Å². The Morgan fingerprint density at radius 2 is 1.96 bits per heavy atom. The summed E-state index contributed by atoms with van der Waals surface area (Å²) in [6.07, 6.45) is 1.61. The lowest BCUT2D eigenvalue weighted by Crippen LogP contribution is -2.28. The summed E-state index contributed by atoms with van der Waals surface area (Å²) in [5, 5.41) is 9.58. The molecule has 0 aliphatic carbocycles. The normalized spacial score (nSPS) is 11.5. The predicted molar refractivity (Wildman–Crippen MR) is 96.4 cm³/mol. The Morgan fingerprint density at radius 3 is 2.58 bits per heavy atom. The van der Waals surface area contributed by atoms with Crippen LogP contribution in [0.3, 0.4) is 0 Å². The minimum absolute atomic E-state index is 0.0117. The molecule has 1 aromatic heterocycles. The van der Waals surface area contributed by atoms with Crippen molar-refractivity contribution in [3.05, 3.63) is 56.4 Å². The minimum Gasteiger partial charge on any atom is -0.488 e. The number of H-pyrrole nitrogens is 2. The molecule has 0 saturated carbocycles. The van der Waals surface area contributed by atoms with Gasteiger partial charge in [-0.05, 0) is 50.6 Å². The van der Waals surface area contributed by atoms with E-state index < -0.39 is 11.2 Å². The number of aromatic amines is 2. The van der Waals surface area contributed by atoms with Crippen molar-refractivity contribution in [1.29, 1.82) is 0 Å². The Bertz CT molecular complexity index is 891. The number of benzene rings is 1. The first kappa shape index (κ1) is 19.1. The molecule has 0 unspecified atom stereocenters. The molecular formula is C17H21N5O4.